The number of hydrogen-bond acceptors (Lipinski definition) is 4. The van der Waals surface area contributed by atoms with Gasteiger partial charge in [-0.1, -0.05) is 0 Å². The number of halogens is 1. The van der Waals surface area contributed by atoms with Gasteiger partial charge >= 0.3 is 5.69 Å². The van der Waals surface area contributed by atoms with Gasteiger partial charge in [0, 0.05) is 51.9 Å². The van der Waals surface area contributed by atoms with Gasteiger partial charge in [-0.15, -0.1) is 0 Å². The van der Waals surface area contributed by atoms with Crippen LogP contribution in [0, 0.1) is 11.7 Å². The van der Waals surface area contributed by atoms with Gasteiger partial charge in [0.25, 0.3) is 0 Å². The van der Waals surface area contributed by atoms with Crippen LogP contribution in [0.2, 0.25) is 0 Å². The monoisotopic (exact) mass is 373 g/mol. The molecule has 1 aromatic carbocycles. The van der Waals surface area contributed by atoms with Gasteiger partial charge in [0.15, 0.2) is 0 Å². The molecule has 0 N–H and O–H groups in total. The number of nitrogens with zero attached hydrogens (tertiary/aromatic N) is 5. The predicted octanol–water partition coefficient (Wildman–Crippen LogP) is 1.02. The highest BCUT2D eigenvalue weighted by atomic mass is 19.1. The van der Waals surface area contributed by atoms with Gasteiger partial charge in [-0.3, -0.25) is 9.36 Å². The van der Waals surface area contributed by atoms with Crippen molar-refractivity contribution in [1.29, 1.82) is 0 Å². The molecule has 1 fully saturated rings. The molecule has 0 saturated carbocycles. The van der Waals surface area contributed by atoms with Crippen LogP contribution >= 0.6 is 0 Å². The molecule has 3 heterocycles. The van der Waals surface area contributed by atoms with Crippen molar-refractivity contribution in [2.24, 2.45) is 13.0 Å². The Morgan fingerprint density at radius 3 is 2.70 bits per heavy atom. The van der Waals surface area contributed by atoms with Gasteiger partial charge < -0.3 is 9.80 Å². The molecular weight excluding hydrogens is 349 g/mol. The molecule has 4 rings (SSSR count). The zero-order chi connectivity index (χ0) is 19.0. The second-order valence-electron chi connectivity index (χ2n) is 7.31. The van der Waals surface area contributed by atoms with Crippen LogP contribution in [0.3, 0.4) is 0 Å². The van der Waals surface area contributed by atoms with Crippen LogP contribution in [0.25, 0.3) is 0 Å². The Hall–Kier alpha value is -2.64. The average molecular weight is 373 g/mol. The van der Waals surface area contributed by atoms with Crippen LogP contribution < -0.4 is 10.6 Å². The molecule has 8 heteroatoms. The van der Waals surface area contributed by atoms with Gasteiger partial charge in [0.1, 0.15) is 11.6 Å². The maximum absolute atomic E-state index is 13.1. The predicted molar refractivity (Wildman–Crippen MR) is 99.1 cm³/mol. The van der Waals surface area contributed by atoms with E-state index >= 15 is 0 Å². The van der Waals surface area contributed by atoms with Crippen LogP contribution in [-0.2, 0) is 24.8 Å². The van der Waals surface area contributed by atoms with E-state index in [2.05, 4.69) is 10.00 Å². The number of rotatable bonds is 2. The van der Waals surface area contributed by atoms with E-state index in [1.807, 2.05) is 4.90 Å². The fourth-order valence-electron chi connectivity index (χ4n) is 4.05. The van der Waals surface area contributed by atoms with Gasteiger partial charge in [-0.25, -0.2) is 13.9 Å². The first-order valence-corrected chi connectivity index (χ1v) is 9.45. The van der Waals surface area contributed by atoms with Crippen molar-refractivity contribution in [2.75, 3.05) is 31.1 Å². The lowest BCUT2D eigenvalue weighted by molar-refractivity contribution is -0.136. The van der Waals surface area contributed by atoms with E-state index in [9.17, 15) is 14.0 Å². The molecule has 1 amide bonds. The van der Waals surface area contributed by atoms with Crippen LogP contribution in [0.5, 0.6) is 0 Å². The fraction of sp³-hybridized carbons (Fsp3) is 0.526. The number of amides is 1. The van der Waals surface area contributed by atoms with E-state index in [0.29, 0.717) is 26.1 Å². The van der Waals surface area contributed by atoms with Crippen LogP contribution in [-0.4, -0.2) is 51.3 Å². The van der Waals surface area contributed by atoms with Crippen molar-refractivity contribution in [2.45, 2.75) is 25.8 Å². The Kier molecular flexibility index (Phi) is 4.72. The lowest BCUT2D eigenvalue weighted by Crippen LogP contribution is -2.43. The van der Waals surface area contributed by atoms with Gasteiger partial charge in [0.05, 0.1) is 5.92 Å². The fourth-order valence-corrected chi connectivity index (χ4v) is 4.05. The lowest BCUT2D eigenvalue weighted by atomic mass is 9.97. The molecule has 0 bridgehead atoms. The van der Waals surface area contributed by atoms with Crippen LogP contribution in [0.15, 0.2) is 29.1 Å². The van der Waals surface area contributed by atoms with Gasteiger partial charge in [-0.05, 0) is 37.1 Å². The minimum absolute atomic E-state index is 0.123. The Morgan fingerprint density at radius 2 is 1.93 bits per heavy atom. The van der Waals surface area contributed by atoms with Gasteiger partial charge in [0.2, 0.25) is 5.91 Å². The smallest absolute Gasteiger partial charge is 0.345 e. The van der Waals surface area contributed by atoms with E-state index in [0.717, 1.165) is 37.4 Å². The molecule has 7 nitrogen and oxygen atoms in total. The number of carbonyl (C=O) groups is 1. The third-order valence-corrected chi connectivity index (χ3v) is 5.55. The number of anilines is 1. The Balaban J connectivity index is 1.42. The summed E-state index contributed by atoms with van der Waals surface area (Å²) < 4.78 is 16.1. The maximum atomic E-state index is 13.1. The van der Waals surface area contributed by atoms with Crippen LogP contribution in [0.4, 0.5) is 10.1 Å². The van der Waals surface area contributed by atoms with E-state index in [1.54, 1.807) is 23.7 Å². The number of aryl methyl sites for hydroxylation is 2. The summed E-state index contributed by atoms with van der Waals surface area (Å²) in [6, 6.07) is 6.50. The highest BCUT2D eigenvalue weighted by molar-refractivity contribution is 5.79. The second kappa shape index (κ2) is 7.17. The Labute approximate surface area is 157 Å². The van der Waals surface area contributed by atoms with E-state index in [-0.39, 0.29) is 23.3 Å². The molecule has 1 atom stereocenters. The molecule has 0 aliphatic carbocycles. The summed E-state index contributed by atoms with van der Waals surface area (Å²) in [5.74, 6) is 0.478. The summed E-state index contributed by atoms with van der Waals surface area (Å²) in [5.41, 5.74) is 0.829. The second-order valence-corrected chi connectivity index (χ2v) is 7.31. The van der Waals surface area contributed by atoms with Crippen molar-refractivity contribution in [3.63, 3.8) is 0 Å². The van der Waals surface area contributed by atoms with Crippen molar-refractivity contribution in [3.05, 3.63) is 46.4 Å². The maximum Gasteiger partial charge on any atom is 0.345 e. The molecule has 0 unspecified atom stereocenters. The molecule has 2 aliphatic rings. The normalized spacial score (nSPS) is 20.3. The molecule has 2 aliphatic heterocycles. The number of aromatic nitrogens is 3. The summed E-state index contributed by atoms with van der Waals surface area (Å²) in [6.07, 6.45) is 2.25. The quantitative estimate of drug-likeness (QED) is 0.789. The Bertz CT molecular complexity index is 888. The number of benzene rings is 1. The minimum Gasteiger partial charge on any atom is -0.370 e. The van der Waals surface area contributed by atoms with Crippen molar-refractivity contribution in [3.8, 4) is 0 Å². The molecule has 2 aromatic rings. The third kappa shape index (κ3) is 3.48. The average Bonchev–Trinajstić information content (AvgIpc) is 2.85. The molecule has 144 valence electrons. The van der Waals surface area contributed by atoms with E-state index in [1.165, 1.54) is 16.8 Å². The van der Waals surface area contributed by atoms with Crippen molar-refractivity contribution in [1.82, 2.24) is 19.2 Å². The zero-order valence-electron chi connectivity index (χ0n) is 15.5. The molecule has 0 radical (unpaired) electrons. The molecule has 1 aromatic heterocycles. The van der Waals surface area contributed by atoms with E-state index in [4.69, 9.17) is 0 Å². The summed E-state index contributed by atoms with van der Waals surface area (Å²) in [4.78, 5) is 29.3. The van der Waals surface area contributed by atoms with Gasteiger partial charge in [-0.2, -0.15) is 5.10 Å². The molecule has 27 heavy (non-hydrogen) atoms. The lowest BCUT2D eigenvalue weighted by Gasteiger charge is -2.29. The first kappa shape index (κ1) is 17.8. The zero-order valence-corrected chi connectivity index (χ0v) is 15.5. The van der Waals surface area contributed by atoms with E-state index < -0.39 is 0 Å². The highest BCUT2D eigenvalue weighted by Crippen LogP contribution is 2.22. The molecule has 0 spiro atoms. The SMILES string of the molecule is Cn1nc2n(c1=O)C[C@H](C(=O)N1CCCN(c3ccc(F)cc3)CC1)CC2. The largest absolute Gasteiger partial charge is 0.370 e. The summed E-state index contributed by atoms with van der Waals surface area (Å²) in [7, 11) is 1.64. The first-order valence-electron chi connectivity index (χ1n) is 9.45. The highest BCUT2D eigenvalue weighted by Gasteiger charge is 2.31. The van der Waals surface area contributed by atoms with Crippen molar-refractivity contribution < 1.29 is 9.18 Å². The number of fused-ring (bicyclic) bond motifs is 1. The summed E-state index contributed by atoms with van der Waals surface area (Å²) in [6.45, 7) is 3.33. The number of carbonyl (C=O) groups excluding carboxylic acids is 1. The molecule has 1 saturated heterocycles. The minimum atomic E-state index is -0.243. The Morgan fingerprint density at radius 1 is 1.15 bits per heavy atom. The molecular formula is C19H24FN5O2. The van der Waals surface area contributed by atoms with Crippen LogP contribution in [0.1, 0.15) is 18.7 Å². The topological polar surface area (TPSA) is 63.4 Å². The third-order valence-electron chi connectivity index (χ3n) is 5.55. The number of hydrogen-bond donors (Lipinski definition) is 0. The summed E-state index contributed by atoms with van der Waals surface area (Å²) >= 11 is 0. The standard InChI is InChI=1S/C19H24FN5O2/c1-22-19(27)25-13-14(3-8-17(25)21-22)18(26)24-10-2-9-23(11-12-24)16-6-4-15(20)5-7-16/h4-7,14H,2-3,8-13H2,1H3/t14-/m1/s1. The van der Waals surface area contributed by atoms with Crippen molar-refractivity contribution >= 4 is 11.6 Å². The first-order chi connectivity index (χ1) is 13.0. The summed E-state index contributed by atoms with van der Waals surface area (Å²) in [5, 5.41) is 4.23.